The van der Waals surface area contributed by atoms with E-state index in [2.05, 4.69) is 0 Å². The zero-order valence-electron chi connectivity index (χ0n) is 7.93. The van der Waals surface area contributed by atoms with Gasteiger partial charge in [-0.2, -0.15) is 0 Å². The van der Waals surface area contributed by atoms with Crippen LogP contribution in [0.2, 0.25) is 0 Å². The molecule has 2 heteroatoms. The highest BCUT2D eigenvalue weighted by Crippen LogP contribution is 2.38. The standard InChI is InChI=1S/C13H8F2/c14-11-6-5-9-7-8-3-1-2-4-10(8)12(9)13(11)15/h1-6H,7H2. The van der Waals surface area contributed by atoms with E-state index in [9.17, 15) is 8.78 Å². The molecule has 1 aliphatic rings. The fourth-order valence-electron chi connectivity index (χ4n) is 2.15. The largest absolute Gasteiger partial charge is 0.204 e. The zero-order chi connectivity index (χ0) is 10.4. The van der Waals surface area contributed by atoms with E-state index in [1.807, 2.05) is 24.3 Å². The van der Waals surface area contributed by atoms with E-state index < -0.39 is 11.6 Å². The molecule has 0 amide bonds. The van der Waals surface area contributed by atoms with Gasteiger partial charge in [-0.05, 0) is 29.2 Å². The van der Waals surface area contributed by atoms with Gasteiger partial charge in [0.15, 0.2) is 11.6 Å². The normalized spacial score (nSPS) is 12.4. The maximum absolute atomic E-state index is 13.6. The maximum atomic E-state index is 13.6. The topological polar surface area (TPSA) is 0 Å². The molecular weight excluding hydrogens is 194 g/mol. The molecule has 0 unspecified atom stereocenters. The molecule has 0 saturated heterocycles. The number of rotatable bonds is 0. The third-order valence-corrected chi connectivity index (χ3v) is 2.85. The van der Waals surface area contributed by atoms with Gasteiger partial charge in [0.2, 0.25) is 0 Å². The average Bonchev–Trinajstić information content (AvgIpc) is 2.62. The lowest BCUT2D eigenvalue weighted by atomic mass is 10.1. The van der Waals surface area contributed by atoms with Crippen molar-refractivity contribution in [3.05, 3.63) is 59.2 Å². The summed E-state index contributed by atoms with van der Waals surface area (Å²) >= 11 is 0. The van der Waals surface area contributed by atoms with Crippen molar-refractivity contribution in [1.82, 2.24) is 0 Å². The lowest BCUT2D eigenvalue weighted by Gasteiger charge is -2.02. The Hall–Kier alpha value is -1.70. The lowest BCUT2D eigenvalue weighted by molar-refractivity contribution is 0.511. The smallest absolute Gasteiger partial charge is 0.166 e. The molecule has 74 valence electrons. The molecule has 0 saturated carbocycles. The fraction of sp³-hybridized carbons (Fsp3) is 0.0769. The van der Waals surface area contributed by atoms with Gasteiger partial charge in [-0.15, -0.1) is 0 Å². The van der Waals surface area contributed by atoms with Gasteiger partial charge >= 0.3 is 0 Å². The van der Waals surface area contributed by atoms with Crippen LogP contribution in [0.3, 0.4) is 0 Å². The molecule has 2 aromatic rings. The molecule has 0 nitrogen and oxygen atoms in total. The van der Waals surface area contributed by atoms with Crippen molar-refractivity contribution >= 4 is 0 Å². The van der Waals surface area contributed by atoms with Gasteiger partial charge in [-0.1, -0.05) is 30.3 Å². The average molecular weight is 202 g/mol. The molecule has 0 fully saturated rings. The predicted octanol–water partition coefficient (Wildman–Crippen LogP) is 3.54. The van der Waals surface area contributed by atoms with Crippen LogP contribution in [0.25, 0.3) is 11.1 Å². The number of hydrogen-bond acceptors (Lipinski definition) is 0. The zero-order valence-corrected chi connectivity index (χ0v) is 7.93. The third kappa shape index (κ3) is 1.11. The maximum Gasteiger partial charge on any atom is 0.166 e. The molecule has 0 N–H and O–H groups in total. The Labute approximate surface area is 86.2 Å². The monoisotopic (exact) mass is 202 g/mol. The molecule has 0 heterocycles. The second-order valence-corrected chi connectivity index (χ2v) is 3.73. The molecule has 0 spiro atoms. The number of halogens is 2. The van der Waals surface area contributed by atoms with E-state index in [1.165, 1.54) is 6.07 Å². The molecule has 3 rings (SSSR count). The Kier molecular flexibility index (Phi) is 1.66. The third-order valence-electron chi connectivity index (χ3n) is 2.85. The van der Waals surface area contributed by atoms with Crippen LogP contribution >= 0.6 is 0 Å². The first-order valence-corrected chi connectivity index (χ1v) is 4.82. The molecule has 0 atom stereocenters. The van der Waals surface area contributed by atoms with Crippen LogP contribution in [0.1, 0.15) is 11.1 Å². The highest BCUT2D eigenvalue weighted by atomic mass is 19.2. The Morgan fingerprint density at radius 3 is 2.53 bits per heavy atom. The minimum Gasteiger partial charge on any atom is -0.204 e. The van der Waals surface area contributed by atoms with E-state index in [4.69, 9.17) is 0 Å². The van der Waals surface area contributed by atoms with Gasteiger partial charge in [0.05, 0.1) is 0 Å². The first-order chi connectivity index (χ1) is 7.27. The van der Waals surface area contributed by atoms with Gasteiger partial charge in [0, 0.05) is 5.56 Å². The molecule has 2 aromatic carbocycles. The summed E-state index contributed by atoms with van der Waals surface area (Å²) in [5.74, 6) is -1.50. The van der Waals surface area contributed by atoms with Crippen molar-refractivity contribution in [2.24, 2.45) is 0 Å². The van der Waals surface area contributed by atoms with E-state index >= 15 is 0 Å². The summed E-state index contributed by atoms with van der Waals surface area (Å²) in [5, 5.41) is 0. The SMILES string of the molecule is Fc1ccc2c(c1F)-c1ccccc1C2. The van der Waals surface area contributed by atoms with Crippen LogP contribution in [0, 0.1) is 11.6 Å². The summed E-state index contributed by atoms with van der Waals surface area (Å²) in [6.45, 7) is 0. The molecule has 15 heavy (non-hydrogen) atoms. The Morgan fingerprint density at radius 2 is 1.67 bits per heavy atom. The molecule has 0 bridgehead atoms. The van der Waals surface area contributed by atoms with Crippen LogP contribution in [-0.2, 0) is 6.42 Å². The van der Waals surface area contributed by atoms with Crippen LogP contribution in [0.5, 0.6) is 0 Å². The first kappa shape index (κ1) is 8.60. The highest BCUT2D eigenvalue weighted by molar-refractivity contribution is 5.77. The molecular formula is C13H8F2. The number of benzene rings is 2. The van der Waals surface area contributed by atoms with Crippen molar-refractivity contribution in [3.8, 4) is 11.1 Å². The molecule has 0 aromatic heterocycles. The summed E-state index contributed by atoms with van der Waals surface area (Å²) < 4.78 is 26.7. The van der Waals surface area contributed by atoms with Gasteiger partial charge < -0.3 is 0 Å². The predicted molar refractivity (Wildman–Crippen MR) is 54.6 cm³/mol. The lowest BCUT2D eigenvalue weighted by Crippen LogP contribution is -1.89. The van der Waals surface area contributed by atoms with Gasteiger partial charge in [0.1, 0.15) is 0 Å². The summed E-state index contributed by atoms with van der Waals surface area (Å²) in [6.07, 6.45) is 0.697. The van der Waals surface area contributed by atoms with Crippen LogP contribution in [0.4, 0.5) is 8.78 Å². The Bertz CT molecular complexity index is 544. The van der Waals surface area contributed by atoms with Crippen LogP contribution in [-0.4, -0.2) is 0 Å². The molecule has 0 aliphatic heterocycles. The Balaban J connectivity index is 2.36. The first-order valence-electron chi connectivity index (χ1n) is 4.82. The molecule has 1 aliphatic carbocycles. The minimum absolute atomic E-state index is 0.436. The van der Waals surface area contributed by atoms with Gasteiger partial charge in [-0.3, -0.25) is 0 Å². The van der Waals surface area contributed by atoms with E-state index in [0.29, 0.717) is 12.0 Å². The van der Waals surface area contributed by atoms with Crippen molar-refractivity contribution in [2.45, 2.75) is 6.42 Å². The second-order valence-electron chi connectivity index (χ2n) is 3.73. The van der Waals surface area contributed by atoms with E-state index in [1.54, 1.807) is 6.07 Å². The van der Waals surface area contributed by atoms with Crippen molar-refractivity contribution in [2.75, 3.05) is 0 Å². The van der Waals surface area contributed by atoms with E-state index in [0.717, 1.165) is 16.7 Å². The summed E-state index contributed by atoms with van der Waals surface area (Å²) in [7, 11) is 0. The van der Waals surface area contributed by atoms with Crippen molar-refractivity contribution in [1.29, 1.82) is 0 Å². The van der Waals surface area contributed by atoms with Crippen molar-refractivity contribution in [3.63, 3.8) is 0 Å². The second kappa shape index (κ2) is 2.89. The van der Waals surface area contributed by atoms with Crippen molar-refractivity contribution < 1.29 is 8.78 Å². The Morgan fingerprint density at radius 1 is 0.867 bits per heavy atom. The highest BCUT2D eigenvalue weighted by Gasteiger charge is 2.23. The molecule has 0 radical (unpaired) electrons. The number of hydrogen-bond donors (Lipinski definition) is 0. The fourth-order valence-corrected chi connectivity index (χ4v) is 2.15. The number of fused-ring (bicyclic) bond motifs is 3. The van der Waals surface area contributed by atoms with Crippen LogP contribution in [0.15, 0.2) is 36.4 Å². The van der Waals surface area contributed by atoms with E-state index in [-0.39, 0.29) is 0 Å². The van der Waals surface area contributed by atoms with Crippen LogP contribution < -0.4 is 0 Å². The summed E-state index contributed by atoms with van der Waals surface area (Å²) in [5.41, 5.74) is 3.20. The van der Waals surface area contributed by atoms with Gasteiger partial charge in [0.25, 0.3) is 0 Å². The van der Waals surface area contributed by atoms with Gasteiger partial charge in [-0.25, -0.2) is 8.78 Å². The minimum atomic E-state index is -0.773. The summed E-state index contributed by atoms with van der Waals surface area (Å²) in [4.78, 5) is 0. The summed E-state index contributed by atoms with van der Waals surface area (Å²) in [6, 6.07) is 10.4. The quantitative estimate of drug-likeness (QED) is 0.523.